The third-order valence-electron chi connectivity index (χ3n) is 3.94. The third kappa shape index (κ3) is 4.03. The fraction of sp³-hybridized carbons (Fsp3) is 0.143. The predicted octanol–water partition coefficient (Wildman–Crippen LogP) is 5.69. The summed E-state index contributed by atoms with van der Waals surface area (Å²) in [6.07, 6.45) is 5.78. The Morgan fingerprint density at radius 3 is 2.44 bits per heavy atom. The Hall–Kier alpha value is -2.72. The van der Waals surface area contributed by atoms with Gasteiger partial charge in [-0.15, -0.1) is 11.3 Å². The first-order chi connectivity index (χ1) is 12.0. The monoisotopic (exact) mass is 347 g/mol. The molecule has 4 heteroatoms. The lowest BCUT2D eigenvalue weighted by Crippen LogP contribution is -2.14. The number of benzene rings is 1. The van der Waals surface area contributed by atoms with Crippen LogP contribution in [0.1, 0.15) is 28.8 Å². The number of hydrogen-bond acceptors (Lipinski definition) is 4. The highest BCUT2D eigenvalue weighted by Gasteiger charge is 2.12. The maximum absolute atomic E-state index is 4.44. The lowest BCUT2D eigenvalue weighted by Gasteiger charge is -2.24. The molecule has 0 N–H and O–H groups in total. The van der Waals surface area contributed by atoms with Crippen molar-refractivity contribution in [2.24, 2.45) is 0 Å². The second-order valence-electron chi connectivity index (χ2n) is 5.99. The van der Waals surface area contributed by atoms with Gasteiger partial charge in [0.1, 0.15) is 5.01 Å². The molecule has 0 unspecified atom stereocenters. The highest BCUT2D eigenvalue weighted by Crippen LogP contribution is 2.28. The molecule has 0 aliphatic rings. The van der Waals surface area contributed by atoms with E-state index >= 15 is 0 Å². The lowest BCUT2D eigenvalue weighted by molar-refractivity contribution is 1.17. The summed E-state index contributed by atoms with van der Waals surface area (Å²) in [4.78, 5) is 10.9. The molecule has 2 heterocycles. The molecule has 25 heavy (non-hydrogen) atoms. The molecule has 0 fully saturated rings. The quantitative estimate of drug-likeness (QED) is 0.593. The number of rotatable bonds is 5. The van der Waals surface area contributed by atoms with Crippen LogP contribution in [0.4, 0.5) is 5.69 Å². The van der Waals surface area contributed by atoms with E-state index in [1.807, 2.05) is 30.8 Å². The minimum atomic E-state index is 0.904. The fourth-order valence-electron chi connectivity index (χ4n) is 2.46. The maximum Gasteiger partial charge on any atom is 0.120 e. The Kier molecular flexibility index (Phi) is 5.10. The van der Waals surface area contributed by atoms with Crippen LogP contribution in [0.2, 0.25) is 0 Å². The summed E-state index contributed by atoms with van der Waals surface area (Å²) in [5.74, 6) is 0. The molecule has 0 saturated carbocycles. The Morgan fingerprint density at radius 1 is 1.08 bits per heavy atom. The number of thiazole rings is 1. The molecule has 0 saturated heterocycles. The topological polar surface area (TPSA) is 29.0 Å². The van der Waals surface area contributed by atoms with Crippen LogP contribution >= 0.6 is 11.3 Å². The van der Waals surface area contributed by atoms with Crippen LogP contribution < -0.4 is 4.90 Å². The first-order valence-electron chi connectivity index (χ1n) is 8.11. The number of anilines is 1. The van der Waals surface area contributed by atoms with E-state index in [4.69, 9.17) is 0 Å². The van der Waals surface area contributed by atoms with Crippen molar-refractivity contribution in [3.8, 4) is 0 Å². The molecule has 0 bridgehead atoms. The lowest BCUT2D eigenvalue weighted by atomic mass is 10.1. The maximum atomic E-state index is 4.44. The fourth-order valence-corrected chi connectivity index (χ4v) is 3.07. The normalized spacial score (nSPS) is 11.4. The molecule has 0 spiro atoms. The van der Waals surface area contributed by atoms with Crippen molar-refractivity contribution in [2.75, 3.05) is 4.90 Å². The van der Waals surface area contributed by atoms with Gasteiger partial charge in [-0.1, -0.05) is 36.4 Å². The Bertz CT molecular complexity index is 876. The van der Waals surface area contributed by atoms with Gasteiger partial charge in [0.2, 0.25) is 0 Å². The van der Waals surface area contributed by atoms with E-state index in [0.717, 1.165) is 33.2 Å². The van der Waals surface area contributed by atoms with Gasteiger partial charge in [-0.25, -0.2) is 4.98 Å². The van der Waals surface area contributed by atoms with Crippen molar-refractivity contribution < 1.29 is 0 Å². The first kappa shape index (κ1) is 17.1. The molecule has 0 atom stereocenters. The summed E-state index contributed by atoms with van der Waals surface area (Å²) in [5.41, 5.74) is 6.27. The van der Waals surface area contributed by atoms with Crippen molar-refractivity contribution >= 4 is 28.3 Å². The van der Waals surface area contributed by atoms with E-state index in [0.29, 0.717) is 0 Å². The summed E-state index contributed by atoms with van der Waals surface area (Å²) in [6.45, 7) is 10.5. The van der Waals surface area contributed by atoms with Crippen molar-refractivity contribution in [1.82, 2.24) is 9.97 Å². The number of pyridine rings is 1. The molecular formula is C21H21N3S. The standard InChI is InChI=1S/C21H21N3S/c1-15-5-8-19(9-6-15)18(4)24(20-10-7-17(3)23-13-20)14-16(2)21-22-11-12-25-21/h5-14H,4H2,1-3H3/b16-14+. The molecule has 3 rings (SSSR count). The molecule has 0 aliphatic carbocycles. The predicted molar refractivity (Wildman–Crippen MR) is 107 cm³/mol. The molecule has 0 amide bonds. The molecule has 3 aromatic rings. The summed E-state index contributed by atoms with van der Waals surface area (Å²) in [6, 6.07) is 12.5. The van der Waals surface area contributed by atoms with Gasteiger partial charge in [0.05, 0.1) is 11.9 Å². The van der Waals surface area contributed by atoms with Crippen LogP contribution in [0.15, 0.2) is 67.0 Å². The van der Waals surface area contributed by atoms with Crippen LogP contribution in [0.3, 0.4) is 0 Å². The first-order valence-corrected chi connectivity index (χ1v) is 8.98. The minimum absolute atomic E-state index is 0.904. The molecule has 2 aromatic heterocycles. The summed E-state index contributed by atoms with van der Waals surface area (Å²) in [7, 11) is 0. The van der Waals surface area contributed by atoms with Gasteiger partial charge in [0.25, 0.3) is 0 Å². The number of allylic oxidation sites excluding steroid dienone is 1. The zero-order valence-corrected chi connectivity index (χ0v) is 15.5. The van der Waals surface area contributed by atoms with Gasteiger partial charge in [-0.3, -0.25) is 4.98 Å². The van der Waals surface area contributed by atoms with Gasteiger partial charge in [-0.05, 0) is 38.5 Å². The molecule has 1 aromatic carbocycles. The van der Waals surface area contributed by atoms with Gasteiger partial charge < -0.3 is 4.90 Å². The van der Waals surface area contributed by atoms with Crippen LogP contribution in [0.5, 0.6) is 0 Å². The second kappa shape index (κ2) is 7.45. The third-order valence-corrected chi connectivity index (χ3v) is 4.85. The van der Waals surface area contributed by atoms with Gasteiger partial charge in [0.15, 0.2) is 0 Å². The zero-order valence-electron chi connectivity index (χ0n) is 14.7. The average molecular weight is 347 g/mol. The molecular weight excluding hydrogens is 326 g/mol. The molecule has 0 aliphatic heterocycles. The zero-order chi connectivity index (χ0) is 17.8. The van der Waals surface area contributed by atoms with Crippen LogP contribution in [-0.2, 0) is 0 Å². The van der Waals surface area contributed by atoms with E-state index in [9.17, 15) is 0 Å². The highest BCUT2D eigenvalue weighted by atomic mass is 32.1. The average Bonchev–Trinajstić information content (AvgIpc) is 3.15. The van der Waals surface area contributed by atoms with Crippen LogP contribution in [-0.4, -0.2) is 9.97 Å². The molecule has 3 nitrogen and oxygen atoms in total. The van der Waals surface area contributed by atoms with Crippen LogP contribution in [0, 0.1) is 13.8 Å². The van der Waals surface area contributed by atoms with Crippen molar-refractivity contribution in [1.29, 1.82) is 0 Å². The van der Waals surface area contributed by atoms with Crippen LogP contribution in [0.25, 0.3) is 11.3 Å². The van der Waals surface area contributed by atoms with E-state index in [-0.39, 0.29) is 0 Å². The molecule has 126 valence electrons. The summed E-state index contributed by atoms with van der Waals surface area (Å²) >= 11 is 1.63. The van der Waals surface area contributed by atoms with Gasteiger partial charge in [-0.2, -0.15) is 0 Å². The van der Waals surface area contributed by atoms with E-state index < -0.39 is 0 Å². The van der Waals surface area contributed by atoms with Gasteiger partial charge >= 0.3 is 0 Å². The Balaban J connectivity index is 2.02. The highest BCUT2D eigenvalue weighted by molar-refractivity contribution is 7.10. The summed E-state index contributed by atoms with van der Waals surface area (Å²) in [5, 5.41) is 2.99. The Morgan fingerprint density at radius 2 is 1.84 bits per heavy atom. The largest absolute Gasteiger partial charge is 0.315 e. The smallest absolute Gasteiger partial charge is 0.120 e. The van der Waals surface area contributed by atoms with Crippen molar-refractivity contribution in [2.45, 2.75) is 20.8 Å². The number of nitrogens with zero attached hydrogens (tertiary/aromatic N) is 3. The number of hydrogen-bond donors (Lipinski definition) is 0. The van der Waals surface area contributed by atoms with E-state index in [1.165, 1.54) is 5.56 Å². The Labute approximate surface area is 153 Å². The van der Waals surface area contributed by atoms with Crippen molar-refractivity contribution in [3.63, 3.8) is 0 Å². The summed E-state index contributed by atoms with van der Waals surface area (Å²) < 4.78 is 0. The second-order valence-corrected chi connectivity index (χ2v) is 6.88. The molecule has 0 radical (unpaired) electrons. The number of aromatic nitrogens is 2. The number of aryl methyl sites for hydroxylation is 2. The van der Waals surface area contributed by atoms with Crippen molar-refractivity contribution in [3.05, 3.63) is 88.8 Å². The minimum Gasteiger partial charge on any atom is -0.315 e. The van der Waals surface area contributed by atoms with E-state index in [1.54, 1.807) is 11.3 Å². The SMILES string of the molecule is C=C(c1ccc(C)cc1)N(/C=C(\C)c1nccs1)c1ccc(C)nc1. The van der Waals surface area contributed by atoms with E-state index in [2.05, 4.69) is 71.8 Å². The van der Waals surface area contributed by atoms with Gasteiger partial charge in [0, 0.05) is 34.7 Å².